The van der Waals surface area contributed by atoms with Crippen LogP contribution in [0, 0.1) is 11.8 Å². The number of hydrogen-bond donors (Lipinski definition) is 2. The largest absolute Gasteiger partial charge is 0.350 e. The Morgan fingerprint density at radius 1 is 1.33 bits per heavy atom. The summed E-state index contributed by atoms with van der Waals surface area (Å²) in [5.41, 5.74) is 0.689. The number of benzene rings is 1. The highest BCUT2D eigenvalue weighted by molar-refractivity contribution is 7.98. The van der Waals surface area contributed by atoms with Crippen LogP contribution in [0.15, 0.2) is 29.2 Å². The smallest absolute Gasteiger partial charge is 0.251 e. The van der Waals surface area contributed by atoms with E-state index in [1.165, 1.54) is 6.42 Å². The van der Waals surface area contributed by atoms with Crippen LogP contribution >= 0.6 is 24.2 Å². The van der Waals surface area contributed by atoms with Crippen molar-refractivity contribution in [2.45, 2.75) is 42.7 Å². The molecule has 3 fully saturated rings. The quantitative estimate of drug-likeness (QED) is 0.750. The molecule has 1 aromatic carbocycles. The number of fused-ring (bicyclic) bond motifs is 4. The fraction of sp³-hybridized carbons (Fsp3) is 0.600. The highest BCUT2D eigenvalue weighted by Crippen LogP contribution is 2.39. The van der Waals surface area contributed by atoms with Gasteiger partial charge in [-0.25, -0.2) is 0 Å². The molecule has 5 nitrogen and oxygen atoms in total. The normalized spacial score (nSPS) is 29.5. The third-order valence-corrected chi connectivity index (χ3v) is 6.93. The maximum absolute atomic E-state index is 12.7. The Morgan fingerprint density at radius 2 is 2.15 bits per heavy atom. The minimum Gasteiger partial charge on any atom is -0.350 e. The van der Waals surface area contributed by atoms with E-state index in [-0.39, 0.29) is 30.3 Å². The van der Waals surface area contributed by atoms with Crippen LogP contribution < -0.4 is 10.6 Å². The minimum atomic E-state index is -0.0483. The van der Waals surface area contributed by atoms with Crippen LogP contribution in [0.25, 0.3) is 0 Å². The molecule has 0 aliphatic carbocycles. The molecule has 4 rings (SSSR count). The van der Waals surface area contributed by atoms with Gasteiger partial charge in [-0.3, -0.25) is 9.59 Å². The van der Waals surface area contributed by atoms with Gasteiger partial charge in [0.15, 0.2) is 0 Å². The molecule has 0 unspecified atom stereocenters. The third-order valence-electron chi connectivity index (χ3n) is 6.20. The average molecular weight is 410 g/mol. The van der Waals surface area contributed by atoms with Crippen LogP contribution in [-0.4, -0.2) is 54.7 Å². The molecule has 3 heterocycles. The van der Waals surface area contributed by atoms with Crippen molar-refractivity contribution >= 4 is 36.0 Å². The van der Waals surface area contributed by atoms with Crippen molar-refractivity contribution in [1.82, 2.24) is 15.5 Å². The molecule has 3 aliphatic rings. The number of halogens is 1. The molecular formula is C20H28ClN3O2S. The van der Waals surface area contributed by atoms with Crippen LogP contribution in [0.5, 0.6) is 0 Å². The summed E-state index contributed by atoms with van der Waals surface area (Å²) < 4.78 is 0. The van der Waals surface area contributed by atoms with Gasteiger partial charge in [-0.15, -0.1) is 24.2 Å². The Kier molecular flexibility index (Phi) is 6.71. The molecule has 4 atom stereocenters. The van der Waals surface area contributed by atoms with Crippen molar-refractivity contribution < 1.29 is 9.59 Å². The summed E-state index contributed by atoms with van der Waals surface area (Å²) in [6, 6.07) is 8.16. The van der Waals surface area contributed by atoms with Gasteiger partial charge in [0.25, 0.3) is 5.91 Å². The summed E-state index contributed by atoms with van der Waals surface area (Å²) in [6.07, 6.45) is 5.94. The summed E-state index contributed by atoms with van der Waals surface area (Å²) in [6.45, 7) is 2.50. The van der Waals surface area contributed by atoms with Gasteiger partial charge in [-0.1, -0.05) is 6.07 Å². The van der Waals surface area contributed by atoms with Crippen LogP contribution in [-0.2, 0) is 4.79 Å². The number of amides is 2. The molecule has 3 saturated heterocycles. The predicted octanol–water partition coefficient (Wildman–Crippen LogP) is 2.55. The molecule has 148 valence electrons. The topological polar surface area (TPSA) is 61.4 Å². The van der Waals surface area contributed by atoms with E-state index >= 15 is 0 Å². The fourth-order valence-electron chi connectivity index (χ4n) is 4.96. The molecule has 1 aromatic rings. The standard InChI is InChI=1S/C20H27N3O2S.ClH/c1-26-16-5-2-4-13(9-16)20(25)22-12-18-15-8-14(10-21-11-15)17-6-3-7-19(24)23(17)18;/h2,4-5,9,14-15,17-18,21H,3,6-8,10-12H2,1H3,(H,22,25);1H/t14-,15+,17+,18+;/m1./s1. The van der Waals surface area contributed by atoms with Gasteiger partial charge in [0.05, 0.1) is 6.04 Å². The molecule has 2 amide bonds. The fourth-order valence-corrected chi connectivity index (χ4v) is 5.42. The van der Waals surface area contributed by atoms with Gasteiger partial charge in [0, 0.05) is 36.0 Å². The number of nitrogens with one attached hydrogen (secondary N) is 2. The molecule has 0 spiro atoms. The maximum Gasteiger partial charge on any atom is 0.251 e. The lowest BCUT2D eigenvalue weighted by atomic mass is 9.72. The monoisotopic (exact) mass is 409 g/mol. The van der Waals surface area contributed by atoms with Gasteiger partial charge in [0.2, 0.25) is 5.91 Å². The Labute approximate surface area is 171 Å². The number of rotatable bonds is 4. The van der Waals surface area contributed by atoms with E-state index in [1.807, 2.05) is 30.5 Å². The van der Waals surface area contributed by atoms with Crippen LogP contribution in [0.2, 0.25) is 0 Å². The van der Waals surface area contributed by atoms with Gasteiger partial charge in [-0.2, -0.15) is 0 Å². The minimum absolute atomic E-state index is 0. The van der Waals surface area contributed by atoms with Crippen LogP contribution in [0.1, 0.15) is 36.0 Å². The molecule has 0 radical (unpaired) electrons. The highest BCUT2D eigenvalue weighted by Gasteiger charge is 2.47. The summed E-state index contributed by atoms with van der Waals surface area (Å²) in [5.74, 6) is 1.24. The molecule has 3 aliphatic heterocycles. The van der Waals surface area contributed by atoms with E-state index in [1.54, 1.807) is 11.8 Å². The van der Waals surface area contributed by atoms with Gasteiger partial charge < -0.3 is 15.5 Å². The number of carbonyl (C=O) groups is 2. The first-order chi connectivity index (χ1) is 12.7. The molecule has 2 N–H and O–H groups in total. The SMILES string of the molecule is CSc1cccc(C(=O)NC[C@H]2[C@@H]3CNC[C@@H](C3)[C@@H]3CCCC(=O)N32)c1.Cl. The second-order valence-corrected chi connectivity index (χ2v) is 8.56. The van der Waals surface area contributed by atoms with E-state index < -0.39 is 0 Å². The van der Waals surface area contributed by atoms with Gasteiger partial charge >= 0.3 is 0 Å². The van der Waals surface area contributed by atoms with Crippen LogP contribution in [0.3, 0.4) is 0 Å². The van der Waals surface area contributed by atoms with Crippen molar-refractivity contribution in [3.63, 3.8) is 0 Å². The van der Waals surface area contributed by atoms with Crippen LogP contribution in [0.4, 0.5) is 0 Å². The first-order valence-electron chi connectivity index (χ1n) is 9.61. The third kappa shape index (κ3) is 4.13. The summed E-state index contributed by atoms with van der Waals surface area (Å²) in [7, 11) is 0. The van der Waals surface area contributed by atoms with Crippen molar-refractivity contribution in [2.75, 3.05) is 25.9 Å². The zero-order valence-corrected chi connectivity index (χ0v) is 17.3. The Bertz CT molecular complexity index is 702. The molecule has 0 saturated carbocycles. The van der Waals surface area contributed by atoms with E-state index in [0.717, 1.165) is 30.8 Å². The van der Waals surface area contributed by atoms with E-state index in [9.17, 15) is 9.59 Å². The lowest BCUT2D eigenvalue weighted by molar-refractivity contribution is -0.148. The molecular weight excluding hydrogens is 382 g/mol. The first-order valence-corrected chi connectivity index (χ1v) is 10.8. The Balaban J connectivity index is 0.00000210. The zero-order chi connectivity index (χ0) is 18.1. The number of hydrogen-bond acceptors (Lipinski definition) is 4. The summed E-state index contributed by atoms with van der Waals surface area (Å²) in [5, 5.41) is 6.65. The van der Waals surface area contributed by atoms with E-state index in [0.29, 0.717) is 36.4 Å². The Morgan fingerprint density at radius 3 is 2.96 bits per heavy atom. The predicted molar refractivity (Wildman–Crippen MR) is 111 cm³/mol. The van der Waals surface area contributed by atoms with E-state index in [2.05, 4.69) is 15.5 Å². The summed E-state index contributed by atoms with van der Waals surface area (Å²) >= 11 is 1.63. The molecule has 0 aromatic heterocycles. The number of carbonyl (C=O) groups excluding carboxylic acids is 2. The molecule has 2 bridgehead atoms. The highest BCUT2D eigenvalue weighted by atomic mass is 35.5. The Hall–Kier alpha value is -1.24. The van der Waals surface area contributed by atoms with Crippen molar-refractivity contribution in [2.24, 2.45) is 11.8 Å². The van der Waals surface area contributed by atoms with Crippen molar-refractivity contribution in [3.05, 3.63) is 29.8 Å². The van der Waals surface area contributed by atoms with Gasteiger partial charge in [0.1, 0.15) is 0 Å². The average Bonchev–Trinajstić information content (AvgIpc) is 2.68. The number of nitrogens with zero attached hydrogens (tertiary/aromatic N) is 1. The lowest BCUT2D eigenvalue weighted by Crippen LogP contribution is -2.66. The van der Waals surface area contributed by atoms with Gasteiger partial charge in [-0.05, 0) is 62.1 Å². The van der Waals surface area contributed by atoms with E-state index in [4.69, 9.17) is 0 Å². The zero-order valence-electron chi connectivity index (χ0n) is 15.6. The number of piperidine rings is 3. The maximum atomic E-state index is 12.7. The molecule has 7 heteroatoms. The number of thioether (sulfide) groups is 1. The first kappa shape index (κ1) is 20.5. The second-order valence-electron chi connectivity index (χ2n) is 7.68. The lowest BCUT2D eigenvalue weighted by Gasteiger charge is -2.54. The second kappa shape index (κ2) is 8.84. The van der Waals surface area contributed by atoms with Crippen molar-refractivity contribution in [1.29, 1.82) is 0 Å². The van der Waals surface area contributed by atoms with Crippen molar-refractivity contribution in [3.8, 4) is 0 Å². The summed E-state index contributed by atoms with van der Waals surface area (Å²) in [4.78, 5) is 28.5. The molecule has 27 heavy (non-hydrogen) atoms.